The molecule has 0 saturated carbocycles. The molecule has 1 N–H and O–H groups in total. The summed E-state index contributed by atoms with van der Waals surface area (Å²) < 4.78 is 10.5. The molecular weight excluding hydrogens is 276 g/mol. The molecule has 0 aliphatic carbocycles. The van der Waals surface area contributed by atoms with E-state index >= 15 is 0 Å². The molecule has 0 aromatic heterocycles. The highest BCUT2D eigenvalue weighted by molar-refractivity contribution is 5.48. The van der Waals surface area contributed by atoms with Crippen molar-refractivity contribution in [3.63, 3.8) is 0 Å². The van der Waals surface area contributed by atoms with Crippen molar-refractivity contribution >= 4 is 5.69 Å². The second kappa shape index (κ2) is 7.35. The summed E-state index contributed by atoms with van der Waals surface area (Å²) in [5.41, 5.74) is 0.967. The number of hydrogen-bond acceptors (Lipinski definition) is 6. The van der Waals surface area contributed by atoms with E-state index in [9.17, 15) is 10.0 Å². The molecule has 1 atom stereocenters. The molecule has 1 unspecified atom stereocenters. The van der Waals surface area contributed by atoms with Gasteiger partial charge >= 0.3 is 5.69 Å². The number of ether oxygens (including phenoxy) is 2. The third-order valence-corrected chi connectivity index (χ3v) is 3.49. The second-order valence-electron chi connectivity index (χ2n) is 4.80. The Morgan fingerprint density at radius 1 is 1.38 bits per heavy atom. The molecule has 1 aliphatic rings. The van der Waals surface area contributed by atoms with Crippen molar-refractivity contribution in [1.29, 1.82) is 0 Å². The number of aliphatic hydroxyl groups is 1. The number of hydrogen-bond donors (Lipinski definition) is 1. The van der Waals surface area contributed by atoms with Crippen LogP contribution in [0.5, 0.6) is 5.75 Å². The average Bonchev–Trinajstić information content (AvgIpc) is 2.54. The molecule has 1 heterocycles. The van der Waals surface area contributed by atoms with Gasteiger partial charge in [-0.25, -0.2) is 4.84 Å². The summed E-state index contributed by atoms with van der Waals surface area (Å²) in [5.74, 6) is 0.366. The van der Waals surface area contributed by atoms with Crippen LogP contribution in [-0.4, -0.2) is 62.0 Å². The molecule has 1 saturated heterocycles. The highest BCUT2D eigenvalue weighted by Crippen LogP contribution is 2.30. The molecule has 7 nitrogen and oxygen atoms in total. The van der Waals surface area contributed by atoms with Crippen LogP contribution in [0.4, 0.5) is 5.69 Å². The second-order valence-corrected chi connectivity index (χ2v) is 4.80. The average molecular weight is 297 g/mol. The fourth-order valence-corrected chi connectivity index (χ4v) is 2.28. The summed E-state index contributed by atoms with van der Waals surface area (Å²) >= 11 is 0. The standard InChI is InChI=1S/C14H21N2O5/c1-19-14-9-11(3-4-12(14)16(18)20-2)13(17)10-15-5-7-21-8-6-15/h3-4,9,13,17H,5-8,10H2,1-2H3/q+1. The Morgan fingerprint density at radius 2 is 2.10 bits per heavy atom. The Bertz CT molecular complexity index is 488. The van der Waals surface area contributed by atoms with Crippen LogP contribution in [0, 0.1) is 4.91 Å². The Morgan fingerprint density at radius 3 is 2.71 bits per heavy atom. The van der Waals surface area contributed by atoms with E-state index in [2.05, 4.69) is 9.74 Å². The van der Waals surface area contributed by atoms with Crippen LogP contribution in [0.25, 0.3) is 0 Å². The van der Waals surface area contributed by atoms with Crippen molar-refractivity contribution < 1.29 is 24.3 Å². The summed E-state index contributed by atoms with van der Waals surface area (Å²) in [6.07, 6.45) is -0.645. The minimum absolute atomic E-state index is 0.266. The van der Waals surface area contributed by atoms with Crippen molar-refractivity contribution in [3.8, 4) is 5.75 Å². The van der Waals surface area contributed by atoms with Gasteiger partial charge in [-0.2, -0.15) is 0 Å². The first-order valence-electron chi connectivity index (χ1n) is 6.83. The van der Waals surface area contributed by atoms with E-state index in [-0.39, 0.29) is 5.69 Å². The smallest absolute Gasteiger partial charge is 0.358 e. The zero-order chi connectivity index (χ0) is 15.2. The number of morpholine rings is 1. The molecule has 7 heteroatoms. The van der Waals surface area contributed by atoms with E-state index in [1.807, 2.05) is 0 Å². The van der Waals surface area contributed by atoms with Gasteiger partial charge in [0.05, 0.1) is 31.3 Å². The lowest BCUT2D eigenvalue weighted by Gasteiger charge is -2.28. The van der Waals surface area contributed by atoms with Crippen LogP contribution in [0.3, 0.4) is 0 Å². The maximum absolute atomic E-state index is 11.5. The summed E-state index contributed by atoms with van der Waals surface area (Å²) in [5, 5.41) is 10.3. The van der Waals surface area contributed by atoms with Crippen molar-refractivity contribution in [2.75, 3.05) is 47.1 Å². The fraction of sp³-hybridized carbons (Fsp3) is 0.571. The number of β-amino-alcohol motifs (C(OH)–C–C–N with tert-alkyl or cyclic N) is 1. The van der Waals surface area contributed by atoms with Crippen LogP contribution in [0.15, 0.2) is 18.2 Å². The van der Waals surface area contributed by atoms with Crippen LogP contribution < -0.4 is 4.74 Å². The van der Waals surface area contributed by atoms with Crippen molar-refractivity contribution in [2.24, 2.45) is 0 Å². The van der Waals surface area contributed by atoms with E-state index in [1.54, 1.807) is 18.2 Å². The van der Waals surface area contributed by atoms with Gasteiger partial charge < -0.3 is 14.6 Å². The van der Waals surface area contributed by atoms with Gasteiger partial charge in [-0.15, -0.1) is 0 Å². The van der Waals surface area contributed by atoms with Crippen molar-refractivity contribution in [2.45, 2.75) is 6.10 Å². The van der Waals surface area contributed by atoms with Crippen LogP contribution in [0.1, 0.15) is 11.7 Å². The first kappa shape index (κ1) is 15.7. The van der Waals surface area contributed by atoms with Gasteiger partial charge in [-0.05, 0) is 17.7 Å². The van der Waals surface area contributed by atoms with Gasteiger partial charge in [0, 0.05) is 25.7 Å². The summed E-state index contributed by atoms with van der Waals surface area (Å²) in [7, 11) is 2.76. The predicted molar refractivity (Wildman–Crippen MR) is 75.5 cm³/mol. The molecule has 0 spiro atoms. The molecule has 1 aliphatic heterocycles. The Labute approximate surface area is 123 Å². The maximum Gasteiger partial charge on any atom is 0.358 e. The fourth-order valence-electron chi connectivity index (χ4n) is 2.28. The van der Waals surface area contributed by atoms with Gasteiger partial charge in [0.15, 0.2) is 7.11 Å². The topological polar surface area (TPSA) is 71.2 Å². The number of benzene rings is 1. The van der Waals surface area contributed by atoms with Crippen molar-refractivity contribution in [3.05, 3.63) is 28.7 Å². The first-order valence-corrected chi connectivity index (χ1v) is 6.83. The van der Waals surface area contributed by atoms with E-state index in [0.29, 0.717) is 36.0 Å². The summed E-state index contributed by atoms with van der Waals surface area (Å²) in [6, 6.07) is 4.93. The molecule has 1 aromatic rings. The largest absolute Gasteiger partial charge is 0.490 e. The summed E-state index contributed by atoms with van der Waals surface area (Å²) in [6.45, 7) is 3.52. The molecule has 1 fully saturated rings. The number of nitrogens with zero attached hydrogens (tertiary/aromatic N) is 2. The van der Waals surface area contributed by atoms with E-state index in [4.69, 9.17) is 9.47 Å². The van der Waals surface area contributed by atoms with E-state index in [1.165, 1.54) is 14.2 Å². The van der Waals surface area contributed by atoms with Gasteiger partial charge in [-0.3, -0.25) is 4.90 Å². The zero-order valence-corrected chi connectivity index (χ0v) is 12.3. The zero-order valence-electron chi connectivity index (χ0n) is 12.3. The third kappa shape index (κ3) is 3.90. The molecule has 116 valence electrons. The molecular formula is C14H21N2O5+. The predicted octanol–water partition coefficient (Wildman–Crippen LogP) is 1.03. The lowest BCUT2D eigenvalue weighted by Crippen LogP contribution is -2.38. The quantitative estimate of drug-likeness (QED) is 0.791. The monoisotopic (exact) mass is 297 g/mol. The Hall–Kier alpha value is -1.70. The molecule has 2 rings (SSSR count). The highest BCUT2D eigenvalue weighted by Gasteiger charge is 2.24. The van der Waals surface area contributed by atoms with Gasteiger partial charge in [0.25, 0.3) is 4.92 Å². The van der Waals surface area contributed by atoms with Crippen molar-refractivity contribution in [1.82, 2.24) is 4.90 Å². The van der Waals surface area contributed by atoms with Crippen LogP contribution in [0.2, 0.25) is 0 Å². The Balaban J connectivity index is 2.10. The van der Waals surface area contributed by atoms with Gasteiger partial charge in [-0.1, -0.05) is 0 Å². The third-order valence-electron chi connectivity index (χ3n) is 3.49. The Kier molecular flexibility index (Phi) is 5.49. The number of rotatable bonds is 6. The van der Waals surface area contributed by atoms with Crippen LogP contribution in [-0.2, 0) is 9.57 Å². The first-order chi connectivity index (χ1) is 10.2. The molecule has 0 amide bonds. The SMILES string of the molecule is COc1cc(C(O)CN2CCOCC2)ccc1[N+](=O)OC. The minimum atomic E-state index is -0.645. The van der Waals surface area contributed by atoms with E-state index < -0.39 is 6.10 Å². The number of methoxy groups -OCH3 is 1. The molecule has 0 radical (unpaired) electrons. The van der Waals surface area contributed by atoms with Crippen LogP contribution >= 0.6 is 0 Å². The molecule has 21 heavy (non-hydrogen) atoms. The molecule has 1 aromatic carbocycles. The minimum Gasteiger partial charge on any atom is -0.490 e. The molecule has 0 bridgehead atoms. The van der Waals surface area contributed by atoms with Gasteiger partial charge in [0.2, 0.25) is 5.75 Å². The lowest BCUT2D eigenvalue weighted by atomic mass is 10.1. The van der Waals surface area contributed by atoms with Gasteiger partial charge in [0.1, 0.15) is 0 Å². The normalized spacial score (nSPS) is 17.3. The number of aliphatic hydroxyl groups excluding tert-OH is 1. The summed E-state index contributed by atoms with van der Waals surface area (Å²) in [4.78, 5) is 18.6. The highest BCUT2D eigenvalue weighted by atomic mass is 16.8. The maximum atomic E-state index is 11.5. The lowest BCUT2D eigenvalue weighted by molar-refractivity contribution is -0.736. The van der Waals surface area contributed by atoms with E-state index in [0.717, 1.165) is 13.1 Å².